The largest absolute Gasteiger partial charge is 0.435 e. The molecular formula is C23H29Cl2NO8. The molecule has 11 heteroatoms. The van der Waals surface area contributed by atoms with Crippen LogP contribution in [0.15, 0.2) is 36.4 Å². The maximum absolute atomic E-state index is 12.2. The average Bonchev–Trinajstić information content (AvgIpc) is 2.83. The van der Waals surface area contributed by atoms with E-state index in [1.807, 2.05) is 19.9 Å². The van der Waals surface area contributed by atoms with Crippen LogP contribution in [0.4, 0.5) is 11.4 Å². The van der Waals surface area contributed by atoms with Crippen molar-refractivity contribution >= 4 is 46.8 Å². The highest BCUT2D eigenvalue weighted by Gasteiger charge is 2.27. The van der Waals surface area contributed by atoms with E-state index in [9.17, 15) is 9.59 Å². The molecular weight excluding hydrogens is 489 g/mol. The first-order valence-corrected chi connectivity index (χ1v) is 11.0. The van der Waals surface area contributed by atoms with Crippen molar-refractivity contribution < 1.29 is 39.5 Å². The van der Waals surface area contributed by atoms with E-state index in [0.717, 1.165) is 5.56 Å². The summed E-state index contributed by atoms with van der Waals surface area (Å²) in [5.41, 5.74) is 2.37. The molecule has 0 aliphatic heterocycles. The summed E-state index contributed by atoms with van der Waals surface area (Å²) in [6.45, 7) is 5.33. The summed E-state index contributed by atoms with van der Waals surface area (Å²) in [5.74, 6) is -0.485. The van der Waals surface area contributed by atoms with Crippen LogP contribution in [0.5, 0.6) is 0 Å². The minimum absolute atomic E-state index is 0.0877. The Morgan fingerprint density at radius 2 is 1.74 bits per heavy atom. The highest BCUT2D eigenvalue weighted by Crippen LogP contribution is 2.36. The molecule has 0 radical (unpaired) electrons. The predicted octanol–water partition coefficient (Wildman–Crippen LogP) is 2.85. The fourth-order valence-electron chi connectivity index (χ4n) is 2.50. The second kappa shape index (κ2) is 14.9. The second-order valence-electron chi connectivity index (χ2n) is 7.11. The molecule has 0 saturated heterocycles. The molecule has 9 nitrogen and oxygen atoms in total. The first-order valence-electron chi connectivity index (χ1n) is 10.3. The minimum atomic E-state index is -1.65. The normalized spacial score (nSPS) is 14.1. The zero-order valence-corrected chi connectivity index (χ0v) is 20.5. The third kappa shape index (κ3) is 8.84. The van der Waals surface area contributed by atoms with Gasteiger partial charge in [-0.2, -0.15) is 0 Å². The molecule has 34 heavy (non-hydrogen) atoms. The molecule has 0 aliphatic carbocycles. The molecule has 2 aromatic rings. The van der Waals surface area contributed by atoms with Gasteiger partial charge in [-0.25, -0.2) is 4.79 Å². The number of aliphatic hydroxyl groups is 4. The highest BCUT2D eigenvalue weighted by atomic mass is 35.5. The average molecular weight is 518 g/mol. The molecule has 0 aromatic heterocycles. The number of hydrogen-bond acceptors (Lipinski definition) is 9. The number of aryl methyl sites for hydroxylation is 1. The first kappa shape index (κ1) is 29.8. The summed E-state index contributed by atoms with van der Waals surface area (Å²) in [6.07, 6.45) is -5.88. The standard InChI is InChI=1S/C17H17Cl2NO3.C6H12O5/c1-3-22-10-23-17(21)12-6-4-5-7-14(12)20-16-13(18)9-8-11(2)15(16)19;1-3(8)5(10)6(11)4(9)2-7/h4-9,20H,3,10H2,1-2H3;2-6,8-11H,1H3/t;3-,4+,5+,6-/m.0/s1. The lowest BCUT2D eigenvalue weighted by molar-refractivity contribution is -0.132. The van der Waals surface area contributed by atoms with Crippen LogP contribution in [0.2, 0.25) is 10.0 Å². The highest BCUT2D eigenvalue weighted by molar-refractivity contribution is 6.39. The van der Waals surface area contributed by atoms with Crippen LogP contribution in [-0.4, -0.2) is 70.5 Å². The molecule has 2 aromatic carbocycles. The number of hydrogen-bond donors (Lipinski definition) is 5. The van der Waals surface area contributed by atoms with Gasteiger partial charge in [-0.3, -0.25) is 0 Å². The number of ether oxygens (including phenoxy) is 2. The van der Waals surface area contributed by atoms with Gasteiger partial charge in [-0.1, -0.05) is 41.4 Å². The Morgan fingerprint density at radius 1 is 1.09 bits per heavy atom. The van der Waals surface area contributed by atoms with Gasteiger partial charge in [0.25, 0.3) is 0 Å². The number of rotatable bonds is 10. The summed E-state index contributed by atoms with van der Waals surface area (Å²) < 4.78 is 10.1. The van der Waals surface area contributed by atoms with Gasteiger partial charge < -0.3 is 40.0 Å². The van der Waals surface area contributed by atoms with Gasteiger partial charge in [-0.15, -0.1) is 0 Å². The van der Waals surface area contributed by atoms with Gasteiger partial charge >= 0.3 is 5.97 Å². The van der Waals surface area contributed by atoms with Crippen molar-refractivity contribution in [2.45, 2.75) is 45.2 Å². The second-order valence-corrected chi connectivity index (χ2v) is 7.90. The summed E-state index contributed by atoms with van der Waals surface area (Å²) >= 11 is 12.5. The van der Waals surface area contributed by atoms with Crippen molar-refractivity contribution in [3.8, 4) is 0 Å². The molecule has 0 saturated carbocycles. The van der Waals surface area contributed by atoms with Crippen LogP contribution in [-0.2, 0) is 14.3 Å². The maximum Gasteiger partial charge on any atom is 0.342 e. The fourth-order valence-corrected chi connectivity index (χ4v) is 2.97. The molecule has 0 aliphatic rings. The summed E-state index contributed by atoms with van der Waals surface area (Å²) in [5, 5.41) is 39.2. The molecule has 0 heterocycles. The Kier molecular flexibility index (Phi) is 13.1. The molecule has 4 atom stereocenters. The van der Waals surface area contributed by atoms with Gasteiger partial charge in [0.05, 0.1) is 33.1 Å². The van der Waals surface area contributed by atoms with E-state index in [-0.39, 0.29) is 13.1 Å². The van der Waals surface area contributed by atoms with E-state index < -0.39 is 30.4 Å². The summed E-state index contributed by atoms with van der Waals surface area (Å²) in [4.78, 5) is 22.0. The predicted molar refractivity (Wildman–Crippen MR) is 129 cm³/mol. The Labute approximate surface area is 207 Å². The van der Waals surface area contributed by atoms with Crippen LogP contribution in [0.25, 0.3) is 0 Å². The molecule has 0 spiro atoms. The number of aldehydes is 1. The van der Waals surface area contributed by atoms with Crippen molar-refractivity contribution in [2.75, 3.05) is 18.7 Å². The van der Waals surface area contributed by atoms with Gasteiger partial charge in [0, 0.05) is 6.61 Å². The van der Waals surface area contributed by atoms with Gasteiger partial charge in [-0.05, 0) is 44.5 Å². The van der Waals surface area contributed by atoms with Crippen molar-refractivity contribution in [1.29, 1.82) is 0 Å². The van der Waals surface area contributed by atoms with Crippen molar-refractivity contribution in [2.24, 2.45) is 0 Å². The number of nitrogens with one attached hydrogen (secondary N) is 1. The fraction of sp³-hybridized carbons (Fsp3) is 0.391. The van der Waals surface area contributed by atoms with E-state index >= 15 is 0 Å². The van der Waals surface area contributed by atoms with Crippen molar-refractivity contribution in [3.05, 3.63) is 57.6 Å². The van der Waals surface area contributed by atoms with Gasteiger partial charge in [0.2, 0.25) is 0 Å². The monoisotopic (exact) mass is 517 g/mol. The Hall–Kier alpha value is -2.24. The lowest BCUT2D eigenvalue weighted by Crippen LogP contribution is -2.43. The third-order valence-corrected chi connectivity index (χ3v) is 5.30. The number of para-hydroxylation sites is 1. The molecule has 2 rings (SSSR count). The summed E-state index contributed by atoms with van der Waals surface area (Å²) in [6, 6.07) is 10.6. The van der Waals surface area contributed by atoms with E-state index in [2.05, 4.69) is 5.32 Å². The Bertz CT molecular complexity index is 941. The lowest BCUT2D eigenvalue weighted by atomic mass is 10.1. The van der Waals surface area contributed by atoms with E-state index in [0.29, 0.717) is 33.6 Å². The van der Waals surface area contributed by atoms with Crippen LogP contribution in [0, 0.1) is 6.92 Å². The van der Waals surface area contributed by atoms with Crippen molar-refractivity contribution in [3.63, 3.8) is 0 Å². The van der Waals surface area contributed by atoms with E-state index in [1.165, 1.54) is 6.92 Å². The quantitative estimate of drug-likeness (QED) is 0.139. The molecule has 0 bridgehead atoms. The Morgan fingerprint density at radius 3 is 2.32 bits per heavy atom. The van der Waals surface area contributed by atoms with Crippen LogP contribution in [0.1, 0.15) is 29.8 Å². The molecule has 0 amide bonds. The summed E-state index contributed by atoms with van der Waals surface area (Å²) in [7, 11) is 0. The first-order chi connectivity index (χ1) is 16.0. The zero-order chi connectivity index (χ0) is 25.8. The number of aliphatic hydroxyl groups excluding tert-OH is 4. The smallest absolute Gasteiger partial charge is 0.342 e. The minimum Gasteiger partial charge on any atom is -0.435 e. The van der Waals surface area contributed by atoms with E-state index in [4.69, 9.17) is 53.1 Å². The maximum atomic E-state index is 12.2. The number of anilines is 2. The number of carbonyl (C=O) groups is 2. The molecule has 188 valence electrons. The van der Waals surface area contributed by atoms with E-state index in [1.54, 1.807) is 30.3 Å². The third-order valence-electron chi connectivity index (χ3n) is 4.50. The number of benzene rings is 2. The molecule has 0 fully saturated rings. The lowest BCUT2D eigenvalue weighted by Gasteiger charge is -2.21. The van der Waals surface area contributed by atoms with Gasteiger partial charge in [0.15, 0.2) is 13.1 Å². The topological polar surface area (TPSA) is 146 Å². The molecule has 5 N–H and O–H groups in total. The number of carbonyl (C=O) groups excluding carboxylic acids is 2. The van der Waals surface area contributed by atoms with Crippen LogP contribution < -0.4 is 5.32 Å². The zero-order valence-electron chi connectivity index (χ0n) is 18.9. The van der Waals surface area contributed by atoms with Crippen molar-refractivity contribution in [1.82, 2.24) is 0 Å². The van der Waals surface area contributed by atoms with Crippen LogP contribution in [0.3, 0.4) is 0 Å². The number of esters is 1. The Balaban J connectivity index is 0.000000445. The molecule has 0 unspecified atom stereocenters. The number of halogens is 2. The SMILES string of the molecule is CCOCOC(=O)c1ccccc1Nc1c(Cl)ccc(C)c1Cl.C[C@H](O)[C@@H](O)[C@@H](O)[C@H](O)C=O. The van der Waals surface area contributed by atoms with Gasteiger partial charge in [0.1, 0.15) is 18.3 Å². The van der Waals surface area contributed by atoms with Crippen LogP contribution >= 0.6 is 23.2 Å².